The van der Waals surface area contributed by atoms with Crippen LogP contribution in [0.1, 0.15) is 29.6 Å². The molecule has 0 aromatic heterocycles. The number of rotatable bonds is 9. The second-order valence-electron chi connectivity index (χ2n) is 7.77. The Hall–Kier alpha value is -2.28. The van der Waals surface area contributed by atoms with Crippen LogP contribution in [0.25, 0.3) is 0 Å². The number of nitrogens with one attached hydrogen (secondary N) is 2. The van der Waals surface area contributed by atoms with Crippen LogP contribution in [0.5, 0.6) is 5.75 Å². The molecular formula is C22H28BrN3O7S. The van der Waals surface area contributed by atoms with Crippen molar-refractivity contribution in [2.24, 2.45) is 0 Å². The summed E-state index contributed by atoms with van der Waals surface area (Å²) in [7, 11) is 1.58. The maximum Gasteiger partial charge on any atom is 0.308 e. The van der Waals surface area contributed by atoms with Crippen LogP contribution < -0.4 is 15.4 Å². The third kappa shape index (κ3) is 7.36. The van der Waals surface area contributed by atoms with Gasteiger partial charge in [-0.25, -0.2) is 0 Å². The van der Waals surface area contributed by atoms with Crippen molar-refractivity contribution in [1.29, 1.82) is 0 Å². The van der Waals surface area contributed by atoms with E-state index in [-0.39, 0.29) is 30.2 Å². The van der Waals surface area contributed by atoms with Gasteiger partial charge >= 0.3 is 5.97 Å². The van der Waals surface area contributed by atoms with Crippen LogP contribution in [-0.4, -0.2) is 86.6 Å². The average molecular weight is 558 g/mol. The fourth-order valence-corrected chi connectivity index (χ4v) is 4.38. The molecule has 0 saturated carbocycles. The van der Waals surface area contributed by atoms with Crippen molar-refractivity contribution in [1.82, 2.24) is 15.5 Å². The van der Waals surface area contributed by atoms with E-state index >= 15 is 0 Å². The Balaban J connectivity index is 1.57. The minimum absolute atomic E-state index is 0.0633. The number of hydrogen-bond acceptors (Lipinski definition) is 8. The van der Waals surface area contributed by atoms with Crippen LogP contribution in [0, 0.1) is 0 Å². The van der Waals surface area contributed by atoms with Gasteiger partial charge in [0.05, 0.1) is 23.6 Å². The van der Waals surface area contributed by atoms with Crippen molar-refractivity contribution < 1.29 is 33.3 Å². The fourth-order valence-electron chi connectivity index (χ4n) is 3.57. The number of hydrogen-bond donors (Lipinski definition) is 2. The minimum Gasteiger partial charge on any atom is -0.490 e. The van der Waals surface area contributed by atoms with E-state index in [0.717, 1.165) is 12.8 Å². The lowest BCUT2D eigenvalue weighted by molar-refractivity contribution is -0.150. The summed E-state index contributed by atoms with van der Waals surface area (Å²) in [6.07, 6.45) is 1.50. The summed E-state index contributed by atoms with van der Waals surface area (Å²) in [6, 6.07) is 4.01. The Morgan fingerprint density at radius 3 is 2.88 bits per heavy atom. The molecule has 2 heterocycles. The van der Waals surface area contributed by atoms with Gasteiger partial charge in [-0.1, -0.05) is 0 Å². The molecule has 1 aromatic carbocycles. The number of ether oxygens (including phenoxy) is 4. The lowest BCUT2D eigenvalue weighted by Crippen LogP contribution is -2.60. The smallest absolute Gasteiger partial charge is 0.308 e. The third-order valence-electron chi connectivity index (χ3n) is 5.37. The summed E-state index contributed by atoms with van der Waals surface area (Å²) in [5.41, 5.74) is 0.349. The van der Waals surface area contributed by atoms with Crippen molar-refractivity contribution in [2.75, 3.05) is 46.6 Å². The largest absolute Gasteiger partial charge is 0.490 e. The number of thiocarbonyl (C=S) groups is 1. The Morgan fingerprint density at radius 1 is 1.35 bits per heavy atom. The van der Waals surface area contributed by atoms with Crippen LogP contribution >= 0.6 is 28.1 Å². The molecule has 2 atom stereocenters. The topological polar surface area (TPSA) is 115 Å². The highest BCUT2D eigenvalue weighted by atomic mass is 79.9. The van der Waals surface area contributed by atoms with Gasteiger partial charge in [-0.15, -0.1) is 0 Å². The molecule has 2 N–H and O–H groups in total. The number of halogens is 1. The molecule has 0 bridgehead atoms. The monoisotopic (exact) mass is 557 g/mol. The highest BCUT2D eigenvalue weighted by molar-refractivity contribution is 9.10. The molecule has 34 heavy (non-hydrogen) atoms. The predicted molar refractivity (Wildman–Crippen MR) is 130 cm³/mol. The molecule has 0 aliphatic carbocycles. The number of nitrogens with zero attached hydrogens (tertiary/aromatic N) is 1. The quantitative estimate of drug-likeness (QED) is 0.264. The van der Waals surface area contributed by atoms with Gasteiger partial charge in [-0.2, -0.15) is 0 Å². The van der Waals surface area contributed by atoms with E-state index in [1.807, 2.05) is 0 Å². The molecular weight excluding hydrogens is 530 g/mol. The Kier molecular flexibility index (Phi) is 10.1. The van der Waals surface area contributed by atoms with Gasteiger partial charge in [0.2, 0.25) is 5.91 Å². The van der Waals surface area contributed by atoms with E-state index in [2.05, 4.69) is 26.6 Å². The molecule has 2 fully saturated rings. The van der Waals surface area contributed by atoms with Crippen LogP contribution in [0.2, 0.25) is 0 Å². The fraction of sp³-hybridized carbons (Fsp3) is 0.545. The molecule has 2 unspecified atom stereocenters. The maximum atomic E-state index is 12.8. The zero-order chi connectivity index (χ0) is 24.5. The van der Waals surface area contributed by atoms with Gasteiger partial charge in [0.25, 0.3) is 5.91 Å². The molecule has 1 aromatic rings. The zero-order valence-electron chi connectivity index (χ0n) is 18.8. The molecule has 2 aliphatic rings. The lowest BCUT2D eigenvalue weighted by Gasteiger charge is -2.36. The van der Waals surface area contributed by atoms with Crippen molar-refractivity contribution >= 4 is 51.0 Å². The second kappa shape index (κ2) is 13.0. The van der Waals surface area contributed by atoms with E-state index in [0.29, 0.717) is 48.7 Å². The summed E-state index contributed by atoms with van der Waals surface area (Å²) in [4.78, 5) is 39.1. The number of carbonyl (C=O) groups excluding carboxylic acids is 3. The first-order chi connectivity index (χ1) is 16.4. The van der Waals surface area contributed by atoms with E-state index in [4.69, 9.17) is 31.2 Å². The minimum atomic E-state index is -0.873. The van der Waals surface area contributed by atoms with Gasteiger partial charge in [-0.05, 0) is 59.2 Å². The van der Waals surface area contributed by atoms with Crippen LogP contribution in [0.3, 0.4) is 0 Å². The number of methoxy groups -OCH3 is 1. The normalized spacial score (nSPS) is 19.9. The molecule has 10 nitrogen and oxygen atoms in total. The average Bonchev–Trinajstić information content (AvgIpc) is 3.34. The summed E-state index contributed by atoms with van der Waals surface area (Å²) >= 11 is 8.80. The Bertz CT molecular complexity index is 910. The summed E-state index contributed by atoms with van der Waals surface area (Å²) < 4.78 is 21.9. The summed E-state index contributed by atoms with van der Waals surface area (Å²) in [5.74, 6) is -0.743. The second-order valence-corrected chi connectivity index (χ2v) is 9.01. The Morgan fingerprint density at radius 2 is 2.18 bits per heavy atom. The number of piperazine rings is 1. The lowest BCUT2D eigenvalue weighted by atomic mass is 10.1. The molecule has 3 rings (SSSR count). The molecule has 12 heteroatoms. The van der Waals surface area contributed by atoms with Gasteiger partial charge in [0.1, 0.15) is 25.0 Å². The third-order valence-corrected chi connectivity index (χ3v) is 6.32. The van der Waals surface area contributed by atoms with E-state index in [1.165, 1.54) is 4.90 Å². The van der Waals surface area contributed by atoms with Crippen molar-refractivity contribution in [2.45, 2.75) is 31.4 Å². The molecule has 0 spiro atoms. The standard InChI is InChI=1S/C22H28BrN3O7S/c1-30-9-10-32-18-5-4-14(11-16(18)23)20(28)25-22(34)26-7-6-24-21(29)17(26)12-19(27)33-13-15-3-2-8-31-15/h4-5,11,15,17H,2-3,6-10,12-13H2,1H3,(H,24,29)(H,25,28,34). The molecule has 2 aliphatic heterocycles. The first kappa shape index (κ1) is 26.3. The molecule has 2 saturated heterocycles. The van der Waals surface area contributed by atoms with Gasteiger partial charge in [0.15, 0.2) is 5.11 Å². The maximum absolute atomic E-state index is 12.8. The number of carbonyl (C=O) groups is 3. The molecule has 186 valence electrons. The predicted octanol–water partition coefficient (Wildman–Crippen LogP) is 1.40. The van der Waals surface area contributed by atoms with Crippen molar-refractivity contribution in [3.63, 3.8) is 0 Å². The number of esters is 1. The van der Waals surface area contributed by atoms with Crippen LogP contribution in [0.15, 0.2) is 22.7 Å². The van der Waals surface area contributed by atoms with E-state index in [1.54, 1.807) is 25.3 Å². The number of amides is 2. The van der Waals surface area contributed by atoms with Gasteiger partial charge < -0.3 is 29.2 Å². The summed E-state index contributed by atoms with van der Waals surface area (Å²) in [6.45, 7) is 2.33. The highest BCUT2D eigenvalue weighted by Gasteiger charge is 2.34. The van der Waals surface area contributed by atoms with E-state index in [9.17, 15) is 14.4 Å². The highest BCUT2D eigenvalue weighted by Crippen LogP contribution is 2.26. The Labute approximate surface area is 211 Å². The SMILES string of the molecule is COCCOc1ccc(C(=O)NC(=S)N2CCNC(=O)C2CC(=O)OCC2CCCO2)cc1Br. The van der Waals surface area contributed by atoms with E-state index < -0.39 is 17.9 Å². The first-order valence-corrected chi connectivity index (χ1v) is 12.2. The molecule has 0 radical (unpaired) electrons. The van der Waals surface area contributed by atoms with Crippen molar-refractivity contribution in [3.8, 4) is 5.75 Å². The van der Waals surface area contributed by atoms with Crippen molar-refractivity contribution in [3.05, 3.63) is 28.2 Å². The van der Waals surface area contributed by atoms with Gasteiger partial charge in [0, 0.05) is 32.4 Å². The van der Waals surface area contributed by atoms with Crippen LogP contribution in [0.4, 0.5) is 0 Å². The molecule has 2 amide bonds. The summed E-state index contributed by atoms with van der Waals surface area (Å²) in [5, 5.41) is 5.44. The zero-order valence-corrected chi connectivity index (χ0v) is 21.2. The van der Waals surface area contributed by atoms with Crippen LogP contribution in [-0.2, 0) is 23.8 Å². The number of benzene rings is 1. The van der Waals surface area contributed by atoms with Gasteiger partial charge in [-0.3, -0.25) is 19.7 Å². The first-order valence-electron chi connectivity index (χ1n) is 11.0.